The first-order valence-electron chi connectivity index (χ1n) is 12.2. The van der Waals surface area contributed by atoms with Crippen molar-refractivity contribution in [2.45, 2.75) is 11.5 Å². The van der Waals surface area contributed by atoms with Gasteiger partial charge in [0.05, 0.1) is 15.4 Å². The summed E-state index contributed by atoms with van der Waals surface area (Å²) in [5.74, 6) is 0.795. The van der Waals surface area contributed by atoms with Crippen LogP contribution in [0.3, 0.4) is 0 Å². The Morgan fingerprint density at radius 2 is 1.17 bits per heavy atom. The van der Waals surface area contributed by atoms with E-state index >= 15 is 0 Å². The molecule has 0 spiro atoms. The molecule has 2 atom stereocenters. The maximum Gasteiger partial charge on any atom is 0.276 e. The van der Waals surface area contributed by atoms with Crippen LogP contribution < -0.4 is 0 Å². The lowest BCUT2D eigenvalue weighted by Gasteiger charge is -2.06. The summed E-state index contributed by atoms with van der Waals surface area (Å²) in [6.07, 6.45) is 3.18. The van der Waals surface area contributed by atoms with Gasteiger partial charge in [0.15, 0.2) is 0 Å². The number of nitro groups is 2. The number of nitrogens with zero attached hydrogens (tertiary/aromatic N) is 2. The number of non-ortho nitro benzene ring substituents is 1. The fourth-order valence-corrected chi connectivity index (χ4v) is 5.80. The molecule has 0 aliphatic carbocycles. The zero-order valence-corrected chi connectivity index (χ0v) is 26.7. The van der Waals surface area contributed by atoms with E-state index in [2.05, 4.69) is 31.9 Å². The van der Waals surface area contributed by atoms with E-state index in [0.717, 1.165) is 20.1 Å². The zero-order chi connectivity index (χ0) is 30.5. The van der Waals surface area contributed by atoms with E-state index in [0.29, 0.717) is 22.6 Å². The predicted octanol–water partition coefficient (Wildman–Crippen LogP) is 8.55. The zero-order valence-electron chi connectivity index (χ0n) is 21.9. The summed E-state index contributed by atoms with van der Waals surface area (Å²) < 4.78 is 25.9. The van der Waals surface area contributed by atoms with Gasteiger partial charge in [-0.2, -0.15) is 0 Å². The smallest absolute Gasteiger partial charge is 0.276 e. The lowest BCUT2D eigenvalue weighted by molar-refractivity contribution is -0.385. The molecule has 0 aliphatic heterocycles. The van der Waals surface area contributed by atoms with Crippen molar-refractivity contribution in [2.75, 3.05) is 0 Å². The molecule has 12 heteroatoms. The van der Waals surface area contributed by atoms with Crippen LogP contribution in [0.15, 0.2) is 117 Å². The van der Waals surface area contributed by atoms with Gasteiger partial charge in [-0.05, 0) is 70.4 Å². The van der Waals surface area contributed by atoms with Crippen LogP contribution >= 0.6 is 31.9 Å². The number of benzene rings is 4. The van der Waals surface area contributed by atoms with Gasteiger partial charge in [-0.3, -0.25) is 20.2 Å². The molecule has 4 rings (SSSR count). The molecule has 216 valence electrons. The fourth-order valence-electron chi connectivity index (χ4n) is 3.43. The van der Waals surface area contributed by atoms with Gasteiger partial charge in [0.25, 0.3) is 11.4 Å². The first kappa shape index (κ1) is 33.2. The molecule has 2 unspecified atom stereocenters. The summed E-state index contributed by atoms with van der Waals surface area (Å²) in [5, 5.41) is 24.6. The molecule has 0 aromatic heterocycles. The molecule has 4 aromatic carbocycles. The van der Waals surface area contributed by atoms with E-state index in [1.165, 1.54) is 29.7 Å². The SMILES string of the molecule is O=[N+]([O-])c1cccc(/C=C/[S+]([O-])Cc2ccc(Br)cc2)c1.O=[N+]([O-])c1ccccc1/C=C/[S+]([O-])Cc1ccc(Br)cc1. The third kappa shape index (κ3) is 11.6. The number of nitro benzene ring substituents is 2. The molecule has 0 N–H and O–H groups in total. The van der Waals surface area contributed by atoms with Crippen molar-refractivity contribution in [3.05, 3.63) is 159 Å². The van der Waals surface area contributed by atoms with Gasteiger partial charge in [-0.15, -0.1) is 0 Å². The Balaban J connectivity index is 0.000000230. The Labute approximate surface area is 266 Å². The molecule has 0 bridgehead atoms. The van der Waals surface area contributed by atoms with Crippen LogP contribution in [0, 0.1) is 20.2 Å². The monoisotopic (exact) mass is 730 g/mol. The third-order valence-electron chi connectivity index (χ3n) is 5.47. The van der Waals surface area contributed by atoms with Crippen LogP contribution in [-0.4, -0.2) is 19.0 Å². The average molecular weight is 732 g/mol. The van der Waals surface area contributed by atoms with Crippen molar-refractivity contribution in [2.24, 2.45) is 0 Å². The number of halogens is 2. The maximum atomic E-state index is 12.0. The van der Waals surface area contributed by atoms with Gasteiger partial charge in [-0.1, -0.05) is 80.4 Å². The predicted molar refractivity (Wildman–Crippen MR) is 176 cm³/mol. The first-order valence-corrected chi connectivity index (χ1v) is 16.5. The van der Waals surface area contributed by atoms with Gasteiger partial charge in [0, 0.05) is 38.3 Å². The molecule has 0 saturated heterocycles. The molecule has 0 heterocycles. The second-order valence-corrected chi connectivity index (χ2v) is 13.1. The Kier molecular flexibility index (Phi) is 13.5. The lowest BCUT2D eigenvalue weighted by atomic mass is 10.2. The quantitative estimate of drug-likeness (QED) is 0.0912. The second-order valence-electron chi connectivity index (χ2n) is 8.58. The van der Waals surface area contributed by atoms with Crippen LogP contribution in [0.4, 0.5) is 11.4 Å². The normalized spacial score (nSPS) is 12.5. The van der Waals surface area contributed by atoms with Gasteiger partial charge >= 0.3 is 0 Å². The molecular formula is C30H24Br2N2O6S2. The van der Waals surface area contributed by atoms with Gasteiger partial charge in [-0.25, -0.2) is 0 Å². The van der Waals surface area contributed by atoms with E-state index in [1.54, 1.807) is 41.8 Å². The van der Waals surface area contributed by atoms with Crippen LogP contribution in [0.5, 0.6) is 0 Å². The Morgan fingerprint density at radius 1 is 0.643 bits per heavy atom. The van der Waals surface area contributed by atoms with Crippen molar-refractivity contribution in [1.29, 1.82) is 0 Å². The van der Waals surface area contributed by atoms with Gasteiger partial charge in [0.2, 0.25) is 0 Å². The number of hydrogen-bond acceptors (Lipinski definition) is 6. The number of hydrogen-bond donors (Lipinski definition) is 0. The summed E-state index contributed by atoms with van der Waals surface area (Å²) in [5.41, 5.74) is 3.06. The van der Waals surface area contributed by atoms with Crippen molar-refractivity contribution in [3.8, 4) is 0 Å². The van der Waals surface area contributed by atoms with E-state index in [1.807, 2.05) is 48.5 Å². The summed E-state index contributed by atoms with van der Waals surface area (Å²) in [6.45, 7) is 0. The van der Waals surface area contributed by atoms with Gasteiger partial charge in [0.1, 0.15) is 22.3 Å². The van der Waals surface area contributed by atoms with Crippen molar-refractivity contribution in [1.82, 2.24) is 0 Å². The largest absolute Gasteiger partial charge is 0.612 e. The van der Waals surface area contributed by atoms with Crippen molar-refractivity contribution >= 4 is 77.7 Å². The van der Waals surface area contributed by atoms with E-state index in [4.69, 9.17) is 0 Å². The Hall–Kier alpha value is -3.26. The highest BCUT2D eigenvalue weighted by atomic mass is 79.9. The highest BCUT2D eigenvalue weighted by molar-refractivity contribution is 9.10. The van der Waals surface area contributed by atoms with Crippen LogP contribution in [0.25, 0.3) is 12.2 Å². The number of para-hydroxylation sites is 1. The highest BCUT2D eigenvalue weighted by Crippen LogP contribution is 2.21. The Morgan fingerprint density at radius 3 is 1.69 bits per heavy atom. The van der Waals surface area contributed by atoms with Crippen molar-refractivity contribution in [3.63, 3.8) is 0 Å². The van der Waals surface area contributed by atoms with E-state index < -0.39 is 32.2 Å². The summed E-state index contributed by atoms with van der Waals surface area (Å²) >= 11 is 4.31. The topological polar surface area (TPSA) is 132 Å². The molecule has 8 nitrogen and oxygen atoms in total. The highest BCUT2D eigenvalue weighted by Gasteiger charge is 2.11. The summed E-state index contributed by atoms with van der Waals surface area (Å²) in [4.78, 5) is 20.7. The molecule has 0 fully saturated rings. The molecule has 0 radical (unpaired) electrons. The van der Waals surface area contributed by atoms with Crippen molar-refractivity contribution < 1.29 is 19.0 Å². The fraction of sp³-hybridized carbons (Fsp3) is 0.0667. The van der Waals surface area contributed by atoms with Gasteiger partial charge < -0.3 is 9.11 Å². The molecule has 0 aliphatic rings. The minimum atomic E-state index is -1.22. The van der Waals surface area contributed by atoms with Crippen LogP contribution in [-0.2, 0) is 33.9 Å². The first-order chi connectivity index (χ1) is 20.1. The molecule has 0 amide bonds. The molecule has 0 saturated carbocycles. The molecule has 4 aromatic rings. The van der Waals surface area contributed by atoms with Crippen LogP contribution in [0.1, 0.15) is 22.3 Å². The maximum absolute atomic E-state index is 12.0. The summed E-state index contributed by atoms with van der Waals surface area (Å²) in [6, 6.07) is 27.8. The minimum absolute atomic E-state index is 0.00870. The molecule has 42 heavy (non-hydrogen) atoms. The lowest BCUT2D eigenvalue weighted by Crippen LogP contribution is -2.00. The van der Waals surface area contributed by atoms with E-state index in [9.17, 15) is 29.3 Å². The van der Waals surface area contributed by atoms with Crippen LogP contribution in [0.2, 0.25) is 0 Å². The molecular weight excluding hydrogens is 708 g/mol. The third-order valence-corrected chi connectivity index (χ3v) is 8.64. The number of rotatable bonds is 10. The second kappa shape index (κ2) is 17.0. The Bertz CT molecular complexity index is 1550. The van der Waals surface area contributed by atoms with E-state index in [-0.39, 0.29) is 11.4 Å². The summed E-state index contributed by atoms with van der Waals surface area (Å²) in [7, 11) is 0. The average Bonchev–Trinajstić information content (AvgIpc) is 2.98. The standard InChI is InChI=1S/2C15H12BrNO3S/c16-14-6-4-13(5-7-14)11-21(20)9-8-12-2-1-3-15(10-12)17(18)19;16-14-7-5-12(6-8-14)11-21(20)10-9-13-3-1-2-4-15(13)17(18)19/h2*1-10H,11H2/b9-8+;10-9+. The minimum Gasteiger partial charge on any atom is -0.612 e.